The molecule has 0 radical (unpaired) electrons. The largest absolute Gasteiger partial charge is 0.405 e. The third-order valence-electron chi connectivity index (χ3n) is 8.41. The van der Waals surface area contributed by atoms with Crippen molar-refractivity contribution in [1.29, 1.82) is 0 Å². The molecule has 2 aliphatic heterocycles. The minimum atomic E-state index is -0.786. The Hall–Kier alpha value is -4.04. The Morgan fingerprint density at radius 3 is 2.63 bits per heavy atom. The van der Waals surface area contributed by atoms with Gasteiger partial charge >= 0.3 is 0 Å². The number of hydrogen-bond acceptors (Lipinski definition) is 10. The number of fused-ring (bicyclic) bond motifs is 1. The van der Waals surface area contributed by atoms with Gasteiger partial charge < -0.3 is 21.3 Å². The van der Waals surface area contributed by atoms with E-state index < -0.39 is 17.0 Å². The monoisotopic (exact) mass is 746 g/mol. The SMILES string of the molecule is C=C/C=C(\C=C(/C)c1nn2ccccc2c1C(N=C)Nc1ccc(S)c(N2CCN(CCS(C)=O)CC2)c1)NC(=O)CC1=CCC(C)S1.C=CN. The van der Waals surface area contributed by atoms with Gasteiger partial charge in [0, 0.05) is 88.8 Å². The van der Waals surface area contributed by atoms with Crippen LogP contribution in [0.2, 0.25) is 0 Å². The molecular weight excluding hydrogens is 697 g/mol. The van der Waals surface area contributed by atoms with Crippen LogP contribution >= 0.6 is 24.4 Å². The number of hydrogen-bond donors (Lipinski definition) is 4. The third-order valence-corrected chi connectivity index (χ3v) is 10.8. The Bertz CT molecular complexity index is 1820. The highest BCUT2D eigenvalue weighted by Gasteiger charge is 2.24. The lowest BCUT2D eigenvalue weighted by Crippen LogP contribution is -2.47. The van der Waals surface area contributed by atoms with Crippen LogP contribution in [0, 0.1) is 0 Å². The normalized spacial score (nSPS) is 17.9. The molecule has 0 aliphatic carbocycles. The number of piperazine rings is 1. The summed E-state index contributed by atoms with van der Waals surface area (Å²) in [5.41, 5.74) is 10.6. The molecule has 1 aromatic carbocycles. The lowest BCUT2D eigenvalue weighted by molar-refractivity contribution is -0.119. The maximum Gasteiger partial charge on any atom is 0.229 e. The number of amides is 1. The van der Waals surface area contributed by atoms with Crippen molar-refractivity contribution < 1.29 is 9.00 Å². The van der Waals surface area contributed by atoms with E-state index in [1.807, 2.05) is 54.0 Å². The number of thiol groups is 1. The van der Waals surface area contributed by atoms with Gasteiger partial charge in [0.05, 0.1) is 23.3 Å². The number of pyridine rings is 1. The van der Waals surface area contributed by atoms with Gasteiger partial charge in [0.2, 0.25) is 5.91 Å². The predicted molar refractivity (Wildman–Crippen MR) is 221 cm³/mol. The van der Waals surface area contributed by atoms with Crippen LogP contribution in [0.3, 0.4) is 0 Å². The number of carbonyl (C=O) groups excluding carboxylic acids is 1. The lowest BCUT2D eigenvalue weighted by Gasteiger charge is -2.36. The van der Waals surface area contributed by atoms with Crippen molar-refractivity contribution in [2.75, 3.05) is 54.9 Å². The highest BCUT2D eigenvalue weighted by atomic mass is 32.2. The van der Waals surface area contributed by atoms with Gasteiger partial charge in [0.15, 0.2) is 0 Å². The van der Waals surface area contributed by atoms with E-state index in [-0.39, 0.29) is 5.91 Å². The zero-order chi connectivity index (χ0) is 36.9. The summed E-state index contributed by atoms with van der Waals surface area (Å²) in [7, 11) is -0.786. The van der Waals surface area contributed by atoms with Crippen molar-refractivity contribution in [2.45, 2.75) is 43.0 Å². The second-order valence-corrected chi connectivity index (χ2v) is 15.9. The molecule has 2 aliphatic rings. The molecule has 13 heteroatoms. The average molecular weight is 747 g/mol. The quantitative estimate of drug-likeness (QED) is 0.0849. The molecule has 5 rings (SSSR count). The van der Waals surface area contributed by atoms with Crippen LogP contribution in [0.15, 0.2) is 107 Å². The molecule has 3 atom stereocenters. The van der Waals surface area contributed by atoms with E-state index in [9.17, 15) is 9.00 Å². The summed E-state index contributed by atoms with van der Waals surface area (Å²) >= 11 is 6.55. The first-order chi connectivity index (χ1) is 24.6. The highest BCUT2D eigenvalue weighted by Crippen LogP contribution is 2.35. The Labute approximate surface area is 314 Å². The molecule has 10 nitrogen and oxygen atoms in total. The Kier molecular flexibility index (Phi) is 15.2. The molecular formula is C38H50N8O2S3. The average Bonchev–Trinajstić information content (AvgIpc) is 3.70. The molecule has 0 bridgehead atoms. The van der Waals surface area contributed by atoms with Crippen LogP contribution < -0.4 is 21.3 Å². The first-order valence-corrected chi connectivity index (χ1v) is 19.9. The van der Waals surface area contributed by atoms with E-state index in [4.69, 9.17) is 17.7 Å². The van der Waals surface area contributed by atoms with Crippen LogP contribution in [0.5, 0.6) is 0 Å². The number of rotatable bonds is 14. The summed E-state index contributed by atoms with van der Waals surface area (Å²) in [5, 5.41) is 12.1. The fourth-order valence-corrected chi connectivity index (χ4v) is 7.88. The number of benzene rings is 1. The first-order valence-electron chi connectivity index (χ1n) is 16.9. The van der Waals surface area contributed by atoms with Crippen molar-refractivity contribution in [1.82, 2.24) is 19.8 Å². The number of thioether (sulfide) groups is 1. The van der Waals surface area contributed by atoms with Crippen LogP contribution in [0.4, 0.5) is 11.4 Å². The topological polar surface area (TPSA) is 120 Å². The Morgan fingerprint density at radius 1 is 1.24 bits per heavy atom. The number of aromatic nitrogens is 2. The number of allylic oxidation sites excluding steroid dienone is 5. The minimum Gasteiger partial charge on any atom is -0.405 e. The first kappa shape index (κ1) is 39.7. The second-order valence-electron chi connectivity index (χ2n) is 12.3. The summed E-state index contributed by atoms with van der Waals surface area (Å²) in [5.74, 6) is 0.634. The van der Waals surface area contributed by atoms with Crippen LogP contribution in [-0.2, 0) is 15.6 Å². The van der Waals surface area contributed by atoms with E-state index in [2.05, 4.69) is 70.1 Å². The molecule has 1 saturated heterocycles. The Balaban J connectivity index is 0.00000188. The van der Waals surface area contributed by atoms with Crippen molar-refractivity contribution in [3.63, 3.8) is 0 Å². The van der Waals surface area contributed by atoms with Gasteiger partial charge in [0.1, 0.15) is 6.17 Å². The van der Waals surface area contributed by atoms with Crippen molar-refractivity contribution in [2.24, 2.45) is 10.7 Å². The number of nitrogens with two attached hydrogens (primary N) is 1. The predicted octanol–water partition coefficient (Wildman–Crippen LogP) is 6.41. The van der Waals surface area contributed by atoms with Gasteiger partial charge in [-0.25, -0.2) is 4.52 Å². The lowest BCUT2D eigenvalue weighted by atomic mass is 10.0. The van der Waals surface area contributed by atoms with Gasteiger partial charge in [-0.3, -0.25) is 18.9 Å². The molecule has 4 N–H and O–H groups in total. The number of nitrogens with one attached hydrogen (secondary N) is 2. The van der Waals surface area contributed by atoms with E-state index in [1.165, 1.54) is 6.20 Å². The van der Waals surface area contributed by atoms with Crippen molar-refractivity contribution in [3.05, 3.63) is 108 Å². The second kappa shape index (κ2) is 19.5. The molecule has 3 aromatic rings. The zero-order valence-corrected chi connectivity index (χ0v) is 32.3. The van der Waals surface area contributed by atoms with Crippen LogP contribution in [0.25, 0.3) is 11.1 Å². The van der Waals surface area contributed by atoms with E-state index in [0.717, 1.165) is 82.7 Å². The van der Waals surface area contributed by atoms with Gasteiger partial charge in [-0.1, -0.05) is 38.3 Å². The molecule has 0 spiro atoms. The maximum atomic E-state index is 13.0. The molecule has 0 saturated carbocycles. The van der Waals surface area contributed by atoms with Gasteiger partial charge in [-0.05, 0) is 79.2 Å². The summed E-state index contributed by atoms with van der Waals surface area (Å²) in [6, 6.07) is 12.1. The van der Waals surface area contributed by atoms with Crippen LogP contribution in [-0.4, -0.2) is 81.3 Å². The molecule has 1 fully saturated rings. The molecule has 4 heterocycles. The zero-order valence-electron chi connectivity index (χ0n) is 29.8. The molecule has 3 unspecified atom stereocenters. The maximum absolute atomic E-state index is 13.0. The summed E-state index contributed by atoms with van der Waals surface area (Å²) in [6.45, 7) is 19.5. The van der Waals surface area contributed by atoms with Gasteiger partial charge in [0.25, 0.3) is 0 Å². The minimum absolute atomic E-state index is 0.0650. The summed E-state index contributed by atoms with van der Waals surface area (Å²) < 4.78 is 13.4. The van der Waals surface area contributed by atoms with Crippen molar-refractivity contribution >= 4 is 70.3 Å². The highest BCUT2D eigenvalue weighted by molar-refractivity contribution is 8.03. The standard InChI is InChI=1S/C36H45N7O2S3.C2H5N/c1-6-9-27(38-33(44)24-29-13-11-26(3)47-29)22-25(2)35-34(30-10-7-8-15-43(30)40-35)36(37-4)39-28-12-14-32(46)31(23-28)42-18-16-41(17-19-42)20-21-48(5)45;1-2-3/h6-10,12-15,22-23,26,36,39,46H,1,4,11,16-21,24H2,2-3,5H3,(H,38,44);2H,1,3H2/b25-22+,27-9+;. The fourth-order valence-electron chi connectivity index (χ4n) is 5.97. The van der Waals surface area contributed by atoms with Crippen LogP contribution in [0.1, 0.15) is 44.1 Å². The summed E-state index contributed by atoms with van der Waals surface area (Å²) in [4.78, 5) is 24.2. The van der Waals surface area contributed by atoms with Crippen molar-refractivity contribution in [3.8, 4) is 0 Å². The van der Waals surface area contributed by atoms with E-state index in [1.54, 1.807) is 30.2 Å². The third kappa shape index (κ3) is 11.2. The molecule has 51 heavy (non-hydrogen) atoms. The number of aliphatic imine (C=N–C) groups is 1. The van der Waals surface area contributed by atoms with E-state index in [0.29, 0.717) is 23.1 Å². The molecule has 1 amide bonds. The number of nitrogens with zero attached hydrogens (tertiary/aromatic N) is 5. The smallest absolute Gasteiger partial charge is 0.229 e. The molecule has 2 aromatic heterocycles. The summed E-state index contributed by atoms with van der Waals surface area (Å²) in [6.07, 6.45) is 13.3. The van der Waals surface area contributed by atoms with Gasteiger partial charge in [-0.2, -0.15) is 5.10 Å². The number of anilines is 2. The van der Waals surface area contributed by atoms with E-state index >= 15 is 0 Å². The molecule has 272 valence electrons. The fraction of sp³-hybridized carbons (Fsp3) is 0.342. The number of carbonyl (C=O) groups is 1. The van der Waals surface area contributed by atoms with Gasteiger partial charge in [-0.15, -0.1) is 24.4 Å². The Morgan fingerprint density at radius 2 is 1.98 bits per heavy atom.